The van der Waals surface area contributed by atoms with Crippen LogP contribution in [0, 0.1) is 0 Å². The van der Waals surface area contributed by atoms with E-state index in [-0.39, 0.29) is 12.3 Å². The molecule has 1 saturated heterocycles. The number of carbonyl (C=O) groups excluding carboxylic acids is 1. The predicted octanol–water partition coefficient (Wildman–Crippen LogP) is 1.93. The summed E-state index contributed by atoms with van der Waals surface area (Å²) < 4.78 is 11.2. The summed E-state index contributed by atoms with van der Waals surface area (Å²) in [6.07, 6.45) is 0.173. The molecule has 24 heavy (non-hydrogen) atoms. The second-order valence-electron chi connectivity index (χ2n) is 6.46. The summed E-state index contributed by atoms with van der Waals surface area (Å²) >= 11 is 0. The van der Waals surface area contributed by atoms with Gasteiger partial charge in [0.25, 0.3) is 0 Å². The Morgan fingerprint density at radius 2 is 2.08 bits per heavy atom. The standard InChI is InChI=1S/C19H24N2O3/c1-23-14-19(11-18(20)22)13-21(9-10-24-19)12-16-7-4-6-15-5-2-3-8-17(15)16/h2-8H,9-14H2,1H3,(H2,20,22)/t19-/m1/s1. The Balaban J connectivity index is 1.80. The maximum atomic E-state index is 11.5. The lowest BCUT2D eigenvalue weighted by Crippen LogP contribution is -2.55. The number of morpholine rings is 1. The van der Waals surface area contributed by atoms with Crippen molar-refractivity contribution in [2.75, 3.05) is 33.4 Å². The van der Waals surface area contributed by atoms with E-state index in [0.29, 0.717) is 19.8 Å². The Hall–Kier alpha value is -1.95. The average molecular weight is 328 g/mol. The van der Waals surface area contributed by atoms with Crippen molar-refractivity contribution in [3.63, 3.8) is 0 Å². The molecular formula is C19H24N2O3. The minimum absolute atomic E-state index is 0.173. The molecule has 0 spiro atoms. The summed E-state index contributed by atoms with van der Waals surface area (Å²) in [5.74, 6) is -0.362. The summed E-state index contributed by atoms with van der Waals surface area (Å²) in [5, 5.41) is 2.50. The van der Waals surface area contributed by atoms with Gasteiger partial charge in [0.15, 0.2) is 0 Å². The van der Waals surface area contributed by atoms with Crippen LogP contribution in [-0.2, 0) is 20.8 Å². The van der Waals surface area contributed by atoms with Crippen molar-refractivity contribution >= 4 is 16.7 Å². The number of carbonyl (C=O) groups is 1. The second kappa shape index (κ2) is 7.30. The highest BCUT2D eigenvalue weighted by Crippen LogP contribution is 2.26. The van der Waals surface area contributed by atoms with Crippen LogP contribution in [-0.4, -0.2) is 49.8 Å². The lowest BCUT2D eigenvalue weighted by Gasteiger charge is -2.42. The summed E-state index contributed by atoms with van der Waals surface area (Å²) in [6.45, 7) is 3.21. The topological polar surface area (TPSA) is 64.8 Å². The van der Waals surface area contributed by atoms with Crippen LogP contribution in [0.3, 0.4) is 0 Å². The molecule has 0 bridgehead atoms. The van der Waals surface area contributed by atoms with E-state index in [2.05, 4.69) is 47.4 Å². The predicted molar refractivity (Wildman–Crippen MR) is 93.6 cm³/mol. The number of benzene rings is 2. The van der Waals surface area contributed by atoms with Gasteiger partial charge in [-0.25, -0.2) is 0 Å². The molecule has 1 atom stereocenters. The number of nitrogens with zero attached hydrogens (tertiary/aromatic N) is 1. The van der Waals surface area contributed by atoms with E-state index in [4.69, 9.17) is 15.2 Å². The summed E-state index contributed by atoms with van der Waals surface area (Å²) in [6, 6.07) is 14.8. The van der Waals surface area contributed by atoms with E-state index in [1.807, 2.05) is 0 Å². The normalized spacial score (nSPS) is 21.9. The van der Waals surface area contributed by atoms with Crippen LogP contribution in [0.1, 0.15) is 12.0 Å². The second-order valence-corrected chi connectivity index (χ2v) is 6.46. The number of fused-ring (bicyclic) bond motifs is 1. The lowest BCUT2D eigenvalue weighted by molar-refractivity contribution is -0.154. The molecule has 0 aromatic heterocycles. The van der Waals surface area contributed by atoms with Gasteiger partial charge in [0, 0.05) is 26.7 Å². The Bertz CT molecular complexity index is 709. The highest BCUT2D eigenvalue weighted by molar-refractivity contribution is 5.85. The SMILES string of the molecule is COC[C@@]1(CC(N)=O)CN(Cc2cccc3ccccc23)CCO1. The number of rotatable bonds is 6. The zero-order valence-electron chi connectivity index (χ0n) is 14.0. The highest BCUT2D eigenvalue weighted by Gasteiger charge is 2.38. The number of hydrogen-bond acceptors (Lipinski definition) is 4. The van der Waals surface area contributed by atoms with E-state index in [1.165, 1.54) is 16.3 Å². The van der Waals surface area contributed by atoms with Crippen LogP contribution in [0.15, 0.2) is 42.5 Å². The van der Waals surface area contributed by atoms with E-state index in [0.717, 1.165) is 13.1 Å². The van der Waals surface area contributed by atoms with Crippen molar-refractivity contribution in [2.24, 2.45) is 5.73 Å². The van der Waals surface area contributed by atoms with Gasteiger partial charge in [0.2, 0.25) is 5.91 Å². The highest BCUT2D eigenvalue weighted by atomic mass is 16.5. The molecule has 0 unspecified atom stereocenters. The number of primary amides is 1. The minimum atomic E-state index is -0.649. The molecule has 2 N–H and O–H groups in total. The Kier molecular flexibility index (Phi) is 5.14. The summed E-state index contributed by atoms with van der Waals surface area (Å²) in [7, 11) is 1.62. The molecule has 128 valence electrons. The van der Waals surface area contributed by atoms with Crippen LogP contribution in [0.5, 0.6) is 0 Å². The van der Waals surface area contributed by atoms with Gasteiger partial charge in [-0.1, -0.05) is 42.5 Å². The number of ether oxygens (including phenoxy) is 2. The van der Waals surface area contributed by atoms with Gasteiger partial charge in [0.1, 0.15) is 5.60 Å². The molecular weight excluding hydrogens is 304 g/mol. The van der Waals surface area contributed by atoms with Crippen LogP contribution >= 0.6 is 0 Å². The van der Waals surface area contributed by atoms with E-state index in [9.17, 15) is 4.79 Å². The number of nitrogens with two attached hydrogens (primary N) is 1. The number of hydrogen-bond donors (Lipinski definition) is 1. The van der Waals surface area contributed by atoms with Crippen molar-refractivity contribution in [3.05, 3.63) is 48.0 Å². The lowest BCUT2D eigenvalue weighted by atomic mass is 9.96. The molecule has 1 amide bonds. The fraction of sp³-hybridized carbons (Fsp3) is 0.421. The van der Waals surface area contributed by atoms with Crippen LogP contribution in [0.25, 0.3) is 10.8 Å². The summed E-state index contributed by atoms with van der Waals surface area (Å²) in [4.78, 5) is 13.8. The molecule has 0 saturated carbocycles. The minimum Gasteiger partial charge on any atom is -0.382 e. The summed E-state index contributed by atoms with van der Waals surface area (Å²) in [5.41, 5.74) is 6.05. The molecule has 3 rings (SSSR count). The first kappa shape index (κ1) is 16.9. The molecule has 5 heteroatoms. The Morgan fingerprint density at radius 3 is 2.88 bits per heavy atom. The molecule has 0 aliphatic carbocycles. The van der Waals surface area contributed by atoms with Gasteiger partial charge in [-0.05, 0) is 16.3 Å². The third-order valence-corrected chi connectivity index (χ3v) is 4.51. The average Bonchev–Trinajstić information content (AvgIpc) is 2.55. The zero-order chi connectivity index (χ0) is 17.0. The fourth-order valence-electron chi connectivity index (χ4n) is 3.56. The number of amides is 1. The zero-order valence-corrected chi connectivity index (χ0v) is 14.0. The van der Waals surface area contributed by atoms with E-state index < -0.39 is 5.60 Å². The van der Waals surface area contributed by atoms with E-state index >= 15 is 0 Å². The van der Waals surface area contributed by atoms with Crippen molar-refractivity contribution < 1.29 is 14.3 Å². The number of methoxy groups -OCH3 is 1. The fourth-order valence-corrected chi connectivity index (χ4v) is 3.56. The van der Waals surface area contributed by atoms with Gasteiger partial charge >= 0.3 is 0 Å². The third kappa shape index (κ3) is 3.75. The smallest absolute Gasteiger partial charge is 0.220 e. The van der Waals surface area contributed by atoms with Gasteiger partial charge < -0.3 is 15.2 Å². The van der Waals surface area contributed by atoms with Gasteiger partial charge in [-0.15, -0.1) is 0 Å². The first-order valence-electron chi connectivity index (χ1n) is 8.22. The Morgan fingerprint density at radius 1 is 1.29 bits per heavy atom. The molecule has 1 aliphatic rings. The van der Waals surface area contributed by atoms with Crippen molar-refractivity contribution in [3.8, 4) is 0 Å². The molecule has 2 aromatic carbocycles. The quantitative estimate of drug-likeness (QED) is 0.880. The first-order chi connectivity index (χ1) is 11.6. The van der Waals surface area contributed by atoms with Gasteiger partial charge in [-0.2, -0.15) is 0 Å². The molecule has 5 nitrogen and oxygen atoms in total. The Labute approximate surface area is 142 Å². The molecule has 1 fully saturated rings. The molecule has 0 radical (unpaired) electrons. The van der Waals surface area contributed by atoms with Crippen LogP contribution in [0.4, 0.5) is 0 Å². The van der Waals surface area contributed by atoms with E-state index in [1.54, 1.807) is 7.11 Å². The molecule has 1 aliphatic heterocycles. The van der Waals surface area contributed by atoms with Crippen molar-refractivity contribution in [1.29, 1.82) is 0 Å². The monoisotopic (exact) mass is 328 g/mol. The maximum Gasteiger partial charge on any atom is 0.220 e. The van der Waals surface area contributed by atoms with Gasteiger partial charge in [-0.3, -0.25) is 9.69 Å². The van der Waals surface area contributed by atoms with Crippen LogP contribution in [0.2, 0.25) is 0 Å². The molecule has 2 aromatic rings. The van der Waals surface area contributed by atoms with Gasteiger partial charge in [0.05, 0.1) is 19.6 Å². The van der Waals surface area contributed by atoms with Crippen molar-refractivity contribution in [1.82, 2.24) is 4.90 Å². The maximum absolute atomic E-state index is 11.5. The first-order valence-corrected chi connectivity index (χ1v) is 8.22. The molecule has 1 heterocycles. The third-order valence-electron chi connectivity index (χ3n) is 4.51. The van der Waals surface area contributed by atoms with Crippen LogP contribution < -0.4 is 5.73 Å². The largest absolute Gasteiger partial charge is 0.382 e. The van der Waals surface area contributed by atoms with Crippen molar-refractivity contribution in [2.45, 2.75) is 18.6 Å².